The van der Waals surface area contributed by atoms with Crippen molar-refractivity contribution in [2.24, 2.45) is 0 Å². The number of nitrogens with zero attached hydrogens (tertiary/aromatic N) is 4. The van der Waals surface area contributed by atoms with E-state index in [0.717, 1.165) is 88.7 Å². The lowest BCUT2D eigenvalue weighted by molar-refractivity contribution is 0.673. The zero-order chi connectivity index (χ0) is 42.4. The topological polar surface area (TPSA) is 55.1 Å². The Labute approximate surface area is 370 Å². The third-order valence-electron chi connectivity index (χ3n) is 12.1. The lowest BCUT2D eigenvalue weighted by atomic mass is 9.93. The van der Waals surface area contributed by atoms with E-state index in [1.165, 1.54) is 10.8 Å². The second-order valence-electron chi connectivity index (χ2n) is 16.0. The number of benzene rings is 10. The fraction of sp³-hybridized carbons (Fsp3) is 0. The lowest BCUT2D eigenvalue weighted by Crippen LogP contribution is -2.09. The highest BCUT2D eigenvalue weighted by Crippen LogP contribution is 2.45. The van der Waals surface area contributed by atoms with Gasteiger partial charge in [0.25, 0.3) is 0 Å². The van der Waals surface area contributed by atoms with Crippen LogP contribution in [0.25, 0.3) is 99.9 Å². The zero-order valence-corrected chi connectivity index (χ0v) is 34.6. The summed E-state index contributed by atoms with van der Waals surface area (Å²) in [6.07, 6.45) is 0. The van der Waals surface area contributed by atoms with Gasteiger partial charge in [0.2, 0.25) is 0 Å². The van der Waals surface area contributed by atoms with E-state index in [4.69, 9.17) is 19.4 Å². The molecule has 0 atom stereocenters. The molecule has 12 aromatic rings. The van der Waals surface area contributed by atoms with Crippen molar-refractivity contribution in [2.75, 3.05) is 4.90 Å². The minimum atomic E-state index is 0.579. The van der Waals surface area contributed by atoms with Crippen molar-refractivity contribution in [1.82, 2.24) is 15.0 Å². The van der Waals surface area contributed by atoms with Crippen molar-refractivity contribution in [1.29, 1.82) is 0 Å². The first-order valence-electron chi connectivity index (χ1n) is 21.5. The van der Waals surface area contributed by atoms with Crippen LogP contribution in [0.4, 0.5) is 17.1 Å². The van der Waals surface area contributed by atoms with Crippen LogP contribution in [-0.2, 0) is 0 Å². The summed E-state index contributed by atoms with van der Waals surface area (Å²) < 4.78 is 6.91. The largest absolute Gasteiger partial charge is 0.455 e. The molecule has 0 bridgehead atoms. The second-order valence-corrected chi connectivity index (χ2v) is 16.0. The van der Waals surface area contributed by atoms with Gasteiger partial charge >= 0.3 is 0 Å². The Balaban J connectivity index is 1.01. The van der Waals surface area contributed by atoms with Gasteiger partial charge in [-0.1, -0.05) is 182 Å². The standard InChI is InChI=1S/C59H38N4O/c1-4-15-39(16-5-1)41-27-29-44(30-28-41)58-60-57(43-18-6-2-7-19-43)61-59(62-58)51-25-14-21-46-38-52(55-50-24-12-13-26-53(50)64-56(55)54(46)51)42-32-34-48(35-33-42)63(47-22-8-3-9-23-47)49-36-31-40-17-10-11-20-45(40)37-49/h1-38H. The van der Waals surface area contributed by atoms with Crippen LogP contribution in [0.5, 0.6) is 0 Å². The molecule has 5 nitrogen and oxygen atoms in total. The lowest BCUT2D eigenvalue weighted by Gasteiger charge is -2.26. The average molecular weight is 819 g/mol. The molecule has 2 aromatic heterocycles. The average Bonchev–Trinajstić information content (AvgIpc) is 3.77. The Morgan fingerprint density at radius 1 is 0.312 bits per heavy atom. The Morgan fingerprint density at radius 2 is 0.844 bits per heavy atom. The molecule has 0 aliphatic heterocycles. The highest BCUT2D eigenvalue weighted by atomic mass is 16.3. The van der Waals surface area contributed by atoms with Crippen molar-refractivity contribution in [3.8, 4) is 56.4 Å². The monoisotopic (exact) mass is 818 g/mol. The van der Waals surface area contributed by atoms with Gasteiger partial charge in [-0.15, -0.1) is 0 Å². The van der Waals surface area contributed by atoms with Crippen LogP contribution in [0.2, 0.25) is 0 Å². The molecule has 0 spiro atoms. The zero-order valence-electron chi connectivity index (χ0n) is 34.6. The molecule has 2 heterocycles. The summed E-state index contributed by atoms with van der Waals surface area (Å²) in [7, 11) is 0. The molecular formula is C59H38N4O. The molecule has 5 heteroatoms. The van der Waals surface area contributed by atoms with E-state index in [-0.39, 0.29) is 0 Å². The van der Waals surface area contributed by atoms with Crippen LogP contribution in [0, 0.1) is 0 Å². The minimum absolute atomic E-state index is 0.579. The smallest absolute Gasteiger partial charge is 0.164 e. The van der Waals surface area contributed by atoms with Gasteiger partial charge in [0.1, 0.15) is 11.2 Å². The number of fused-ring (bicyclic) bond motifs is 6. The van der Waals surface area contributed by atoms with Crippen molar-refractivity contribution in [3.05, 3.63) is 231 Å². The highest BCUT2D eigenvalue weighted by Gasteiger charge is 2.22. The minimum Gasteiger partial charge on any atom is -0.455 e. The summed E-state index contributed by atoms with van der Waals surface area (Å²) >= 11 is 0. The van der Waals surface area contributed by atoms with Gasteiger partial charge in [0.05, 0.1) is 0 Å². The fourth-order valence-electron chi connectivity index (χ4n) is 8.99. The molecule has 0 amide bonds. The molecule has 0 fully saturated rings. The Bertz CT molecular complexity index is 3640. The summed E-state index contributed by atoms with van der Waals surface area (Å²) in [5, 5.41) is 6.50. The van der Waals surface area contributed by atoms with Crippen LogP contribution in [0.1, 0.15) is 0 Å². The molecule has 12 rings (SSSR count). The summed E-state index contributed by atoms with van der Waals surface area (Å²) in [6.45, 7) is 0. The number of hydrogen-bond acceptors (Lipinski definition) is 5. The van der Waals surface area contributed by atoms with E-state index in [0.29, 0.717) is 17.5 Å². The number of aromatic nitrogens is 3. The van der Waals surface area contributed by atoms with E-state index in [9.17, 15) is 0 Å². The molecular weight excluding hydrogens is 781 g/mol. The first-order chi connectivity index (χ1) is 31.7. The van der Waals surface area contributed by atoms with Gasteiger partial charge in [-0.2, -0.15) is 0 Å². The quantitative estimate of drug-likeness (QED) is 0.153. The molecule has 0 unspecified atom stereocenters. The molecule has 0 N–H and O–H groups in total. The van der Waals surface area contributed by atoms with Crippen LogP contribution in [-0.4, -0.2) is 15.0 Å². The van der Waals surface area contributed by atoms with Gasteiger partial charge in [0, 0.05) is 49.9 Å². The molecule has 64 heavy (non-hydrogen) atoms. The van der Waals surface area contributed by atoms with E-state index in [1.54, 1.807) is 0 Å². The third-order valence-corrected chi connectivity index (χ3v) is 12.1. The predicted octanol–water partition coefficient (Wildman–Crippen LogP) is 15.9. The van der Waals surface area contributed by atoms with E-state index in [1.807, 2.05) is 48.5 Å². The number of rotatable bonds is 8. The van der Waals surface area contributed by atoms with Gasteiger partial charge in [-0.3, -0.25) is 0 Å². The van der Waals surface area contributed by atoms with Crippen molar-refractivity contribution >= 4 is 60.5 Å². The van der Waals surface area contributed by atoms with E-state index < -0.39 is 0 Å². The molecule has 300 valence electrons. The molecule has 0 aliphatic carbocycles. The van der Waals surface area contributed by atoms with Crippen LogP contribution in [0.15, 0.2) is 235 Å². The summed E-state index contributed by atoms with van der Waals surface area (Å²) in [6, 6.07) is 80.5. The number of para-hydroxylation sites is 2. The predicted molar refractivity (Wildman–Crippen MR) is 264 cm³/mol. The molecule has 0 aliphatic rings. The molecule has 0 radical (unpaired) electrons. The number of hydrogen-bond donors (Lipinski definition) is 0. The van der Waals surface area contributed by atoms with Crippen LogP contribution < -0.4 is 4.90 Å². The Kier molecular flexibility index (Phi) is 9.08. The SMILES string of the molecule is c1ccc(-c2ccc(-c3nc(-c4ccccc4)nc(-c4cccc5cc(-c6ccc(N(c7ccccc7)c7ccc8ccccc8c7)cc6)c6c7ccccc7oc6c45)n3)cc2)cc1. The van der Waals surface area contributed by atoms with E-state index in [2.05, 4.69) is 187 Å². The highest BCUT2D eigenvalue weighted by molar-refractivity contribution is 6.24. The number of furan rings is 1. The Morgan fingerprint density at radius 3 is 1.59 bits per heavy atom. The van der Waals surface area contributed by atoms with Gasteiger partial charge in [-0.05, 0) is 86.9 Å². The summed E-state index contributed by atoms with van der Waals surface area (Å²) in [5.41, 5.74) is 12.0. The summed E-state index contributed by atoms with van der Waals surface area (Å²) in [4.78, 5) is 17.8. The van der Waals surface area contributed by atoms with Gasteiger partial charge in [0.15, 0.2) is 17.5 Å². The van der Waals surface area contributed by atoms with E-state index >= 15 is 0 Å². The molecule has 0 saturated heterocycles. The van der Waals surface area contributed by atoms with Gasteiger partial charge < -0.3 is 9.32 Å². The fourth-order valence-corrected chi connectivity index (χ4v) is 8.99. The first-order valence-corrected chi connectivity index (χ1v) is 21.5. The maximum atomic E-state index is 6.91. The number of anilines is 3. The van der Waals surface area contributed by atoms with Crippen molar-refractivity contribution < 1.29 is 4.42 Å². The van der Waals surface area contributed by atoms with Crippen LogP contribution >= 0.6 is 0 Å². The maximum absolute atomic E-state index is 6.91. The van der Waals surface area contributed by atoms with Crippen LogP contribution in [0.3, 0.4) is 0 Å². The van der Waals surface area contributed by atoms with Crippen molar-refractivity contribution in [3.63, 3.8) is 0 Å². The Hall–Kier alpha value is -8.67. The normalized spacial score (nSPS) is 11.4. The third kappa shape index (κ3) is 6.64. The first kappa shape index (κ1) is 37.1. The maximum Gasteiger partial charge on any atom is 0.164 e. The second kappa shape index (κ2) is 15.7. The molecule has 10 aromatic carbocycles. The van der Waals surface area contributed by atoms with Gasteiger partial charge in [-0.25, -0.2) is 15.0 Å². The summed E-state index contributed by atoms with van der Waals surface area (Å²) in [5.74, 6) is 1.79. The molecule has 0 saturated carbocycles. The van der Waals surface area contributed by atoms with Crippen molar-refractivity contribution in [2.45, 2.75) is 0 Å².